The van der Waals surface area contributed by atoms with Crippen LogP contribution in [0.25, 0.3) is 0 Å². The molecule has 0 radical (unpaired) electrons. The molecule has 102 valence electrons. The Labute approximate surface area is 120 Å². The van der Waals surface area contributed by atoms with Crippen molar-refractivity contribution in [1.29, 1.82) is 0 Å². The van der Waals surface area contributed by atoms with Gasteiger partial charge in [-0.15, -0.1) is 0 Å². The molecule has 5 heteroatoms. The summed E-state index contributed by atoms with van der Waals surface area (Å²) in [5, 5.41) is 12.7. The summed E-state index contributed by atoms with van der Waals surface area (Å²) >= 11 is 4.85. The van der Waals surface area contributed by atoms with Crippen LogP contribution in [0.3, 0.4) is 0 Å². The highest BCUT2D eigenvalue weighted by molar-refractivity contribution is 9.10. The van der Waals surface area contributed by atoms with Crippen LogP contribution >= 0.6 is 27.7 Å². The second-order valence-electron chi connectivity index (χ2n) is 4.30. The van der Waals surface area contributed by atoms with Crippen molar-refractivity contribution in [3.63, 3.8) is 0 Å². The average molecular weight is 336 g/mol. The van der Waals surface area contributed by atoms with E-state index in [1.807, 2.05) is 26.2 Å². The third-order valence-corrected chi connectivity index (χ3v) is 4.64. The molecule has 0 saturated carbocycles. The van der Waals surface area contributed by atoms with Gasteiger partial charge in [0, 0.05) is 27.4 Å². The number of hydrogen-bond donors (Lipinski definition) is 2. The maximum Gasteiger partial charge on any atom is 0.129 e. The van der Waals surface area contributed by atoms with Gasteiger partial charge in [0.2, 0.25) is 0 Å². The first-order valence-corrected chi connectivity index (χ1v) is 7.92. The van der Waals surface area contributed by atoms with Crippen LogP contribution in [0.2, 0.25) is 0 Å². The highest BCUT2D eigenvalue weighted by Crippen LogP contribution is 2.22. The molecule has 18 heavy (non-hydrogen) atoms. The lowest BCUT2D eigenvalue weighted by molar-refractivity contribution is 0.271. The fourth-order valence-corrected chi connectivity index (χ4v) is 2.85. The van der Waals surface area contributed by atoms with E-state index in [0.29, 0.717) is 5.56 Å². The molecular weight excluding hydrogens is 317 g/mol. The van der Waals surface area contributed by atoms with Gasteiger partial charge in [0.15, 0.2) is 0 Å². The fraction of sp³-hybridized carbons (Fsp3) is 0.538. The van der Waals surface area contributed by atoms with E-state index in [2.05, 4.69) is 21.2 Å². The van der Waals surface area contributed by atoms with Crippen molar-refractivity contribution < 1.29 is 9.50 Å². The highest BCUT2D eigenvalue weighted by atomic mass is 79.9. The van der Waals surface area contributed by atoms with Crippen LogP contribution in [-0.4, -0.2) is 29.3 Å². The third-order valence-electron chi connectivity index (χ3n) is 2.98. The maximum absolute atomic E-state index is 13.8. The first kappa shape index (κ1) is 16.0. The molecule has 3 atom stereocenters. The minimum absolute atomic E-state index is 0.0886. The normalized spacial score (nSPS) is 16.3. The second-order valence-corrected chi connectivity index (χ2v) is 6.29. The van der Waals surface area contributed by atoms with Crippen LogP contribution in [0.4, 0.5) is 4.39 Å². The van der Waals surface area contributed by atoms with Crippen LogP contribution in [0, 0.1) is 5.82 Å². The lowest BCUT2D eigenvalue weighted by Crippen LogP contribution is -2.39. The van der Waals surface area contributed by atoms with Crippen molar-refractivity contribution >= 4 is 27.7 Å². The summed E-state index contributed by atoms with van der Waals surface area (Å²) in [5.74, 6) is -0.221. The molecule has 0 aliphatic heterocycles. The van der Waals surface area contributed by atoms with Gasteiger partial charge in [0.25, 0.3) is 0 Å². The molecule has 1 aromatic rings. The lowest BCUT2D eigenvalue weighted by atomic mass is 10.1. The monoisotopic (exact) mass is 335 g/mol. The molecule has 0 amide bonds. The van der Waals surface area contributed by atoms with Crippen LogP contribution in [-0.2, 0) is 0 Å². The summed E-state index contributed by atoms with van der Waals surface area (Å²) in [6, 6.07) is 5.10. The highest BCUT2D eigenvalue weighted by Gasteiger charge is 2.19. The van der Waals surface area contributed by atoms with E-state index in [1.165, 1.54) is 6.07 Å². The Hall–Kier alpha value is -0.100. The molecular formula is C13H19BrFNOS. The number of benzene rings is 1. The Balaban J connectivity index is 2.72. The molecule has 3 unspecified atom stereocenters. The van der Waals surface area contributed by atoms with E-state index in [-0.39, 0.29) is 29.8 Å². The van der Waals surface area contributed by atoms with E-state index in [0.717, 1.165) is 4.47 Å². The summed E-state index contributed by atoms with van der Waals surface area (Å²) in [4.78, 5) is 0. The molecule has 0 bridgehead atoms. The lowest BCUT2D eigenvalue weighted by Gasteiger charge is -2.25. The van der Waals surface area contributed by atoms with E-state index in [4.69, 9.17) is 0 Å². The molecule has 0 saturated heterocycles. The van der Waals surface area contributed by atoms with E-state index in [1.54, 1.807) is 17.8 Å². The van der Waals surface area contributed by atoms with Gasteiger partial charge in [0.05, 0.1) is 6.61 Å². The van der Waals surface area contributed by atoms with E-state index < -0.39 is 0 Å². The predicted octanol–water partition coefficient (Wildman–Crippen LogP) is 3.35. The van der Waals surface area contributed by atoms with Gasteiger partial charge in [-0.25, -0.2) is 4.39 Å². The Kier molecular flexibility index (Phi) is 6.63. The summed E-state index contributed by atoms with van der Waals surface area (Å²) in [6.07, 6.45) is 1.96. The number of halogens is 2. The molecule has 1 aromatic carbocycles. The zero-order valence-electron chi connectivity index (χ0n) is 10.8. The minimum atomic E-state index is -0.221. The quantitative estimate of drug-likeness (QED) is 0.836. The summed E-state index contributed by atoms with van der Waals surface area (Å²) in [5.41, 5.74) is 0.642. The summed E-state index contributed by atoms with van der Waals surface area (Å²) < 4.78 is 14.5. The molecule has 2 N–H and O–H groups in total. The Bertz CT molecular complexity index is 387. The van der Waals surface area contributed by atoms with Gasteiger partial charge >= 0.3 is 0 Å². The Morgan fingerprint density at radius 2 is 2.11 bits per heavy atom. The van der Waals surface area contributed by atoms with Gasteiger partial charge in [-0.2, -0.15) is 11.8 Å². The zero-order chi connectivity index (χ0) is 13.7. The van der Waals surface area contributed by atoms with Crippen LogP contribution in [0.1, 0.15) is 25.5 Å². The van der Waals surface area contributed by atoms with Crippen molar-refractivity contribution in [3.8, 4) is 0 Å². The number of nitrogens with one attached hydrogen (secondary N) is 1. The molecule has 0 spiro atoms. The third kappa shape index (κ3) is 4.23. The minimum Gasteiger partial charge on any atom is -0.395 e. The summed E-state index contributed by atoms with van der Waals surface area (Å²) in [6.45, 7) is 4.05. The number of aliphatic hydroxyl groups is 1. The predicted molar refractivity (Wildman–Crippen MR) is 79.5 cm³/mol. The van der Waals surface area contributed by atoms with Gasteiger partial charge in [-0.1, -0.05) is 22.0 Å². The van der Waals surface area contributed by atoms with Crippen molar-refractivity contribution in [3.05, 3.63) is 34.1 Å². The molecule has 0 aliphatic carbocycles. The Morgan fingerprint density at radius 3 is 2.61 bits per heavy atom. The zero-order valence-corrected chi connectivity index (χ0v) is 13.2. The summed E-state index contributed by atoms with van der Waals surface area (Å²) in [7, 11) is 0. The number of aliphatic hydroxyl groups excluding tert-OH is 1. The average Bonchev–Trinajstić information content (AvgIpc) is 2.30. The van der Waals surface area contributed by atoms with Gasteiger partial charge < -0.3 is 10.4 Å². The second kappa shape index (κ2) is 7.48. The SMILES string of the molecule is CSC(CO)C(C)NC(C)c1ccc(Br)cc1F. The van der Waals surface area contributed by atoms with Crippen molar-refractivity contribution in [2.45, 2.75) is 31.2 Å². The van der Waals surface area contributed by atoms with E-state index >= 15 is 0 Å². The first-order valence-electron chi connectivity index (χ1n) is 5.84. The molecule has 1 rings (SSSR count). The van der Waals surface area contributed by atoms with E-state index in [9.17, 15) is 9.50 Å². The van der Waals surface area contributed by atoms with Gasteiger partial charge in [0.1, 0.15) is 5.82 Å². The number of thioether (sulfide) groups is 1. The van der Waals surface area contributed by atoms with Crippen LogP contribution in [0.15, 0.2) is 22.7 Å². The van der Waals surface area contributed by atoms with Crippen LogP contribution < -0.4 is 5.32 Å². The van der Waals surface area contributed by atoms with Crippen molar-refractivity contribution in [1.82, 2.24) is 5.32 Å². The molecule has 2 nitrogen and oxygen atoms in total. The Morgan fingerprint density at radius 1 is 1.44 bits per heavy atom. The number of hydrogen-bond acceptors (Lipinski definition) is 3. The van der Waals surface area contributed by atoms with Gasteiger partial charge in [-0.3, -0.25) is 0 Å². The largest absolute Gasteiger partial charge is 0.395 e. The molecule has 0 aromatic heterocycles. The van der Waals surface area contributed by atoms with Crippen molar-refractivity contribution in [2.24, 2.45) is 0 Å². The van der Waals surface area contributed by atoms with Crippen LogP contribution in [0.5, 0.6) is 0 Å². The number of rotatable bonds is 6. The topological polar surface area (TPSA) is 32.3 Å². The van der Waals surface area contributed by atoms with Gasteiger partial charge in [-0.05, 0) is 32.2 Å². The smallest absolute Gasteiger partial charge is 0.129 e. The first-order chi connectivity index (χ1) is 8.49. The molecule has 0 aliphatic rings. The molecule has 0 fully saturated rings. The maximum atomic E-state index is 13.8. The van der Waals surface area contributed by atoms with Crippen molar-refractivity contribution in [2.75, 3.05) is 12.9 Å². The molecule has 0 heterocycles. The standard InChI is InChI=1S/C13H19BrFNOS/c1-8(16-9(2)13(7-17)18-3)11-5-4-10(14)6-12(11)15/h4-6,8-9,13,16-17H,7H2,1-3H3. The fourth-order valence-electron chi connectivity index (χ4n) is 1.88.